The van der Waals surface area contributed by atoms with Gasteiger partial charge in [0.25, 0.3) is 0 Å². The first-order chi connectivity index (χ1) is 14.7. The van der Waals surface area contributed by atoms with Crippen molar-refractivity contribution in [3.63, 3.8) is 0 Å². The van der Waals surface area contributed by atoms with Gasteiger partial charge in [0.15, 0.2) is 5.76 Å². The fourth-order valence-corrected chi connectivity index (χ4v) is 3.25. The van der Waals surface area contributed by atoms with Crippen molar-refractivity contribution in [3.05, 3.63) is 103 Å². The Bertz CT molecular complexity index is 1290. The first-order valence-corrected chi connectivity index (χ1v) is 9.31. The van der Waals surface area contributed by atoms with Crippen molar-refractivity contribution in [1.29, 1.82) is 0 Å². The van der Waals surface area contributed by atoms with E-state index in [9.17, 15) is 8.78 Å². The van der Waals surface area contributed by atoms with E-state index in [-0.39, 0.29) is 11.6 Å². The van der Waals surface area contributed by atoms with Gasteiger partial charge in [-0.25, -0.2) is 13.5 Å². The normalized spacial score (nSPS) is 11.0. The molecule has 0 fully saturated rings. The number of hydrogen-bond donors (Lipinski definition) is 0. The van der Waals surface area contributed by atoms with Crippen LogP contribution in [0, 0.1) is 11.6 Å². The van der Waals surface area contributed by atoms with Gasteiger partial charge in [-0.1, -0.05) is 23.4 Å². The van der Waals surface area contributed by atoms with Crippen molar-refractivity contribution in [1.82, 2.24) is 14.9 Å². The number of hydrogen-bond acceptors (Lipinski definition) is 3. The Hall–Kier alpha value is -4.06. The molecule has 0 spiro atoms. The minimum Gasteiger partial charge on any atom is -0.356 e. The Morgan fingerprint density at radius 1 is 0.733 bits per heavy atom. The molecule has 3 aromatic carbocycles. The zero-order chi connectivity index (χ0) is 20.5. The quantitative estimate of drug-likeness (QED) is 0.365. The van der Waals surface area contributed by atoms with Crippen LogP contribution in [0.25, 0.3) is 39.5 Å². The molecule has 4 nitrogen and oxygen atoms in total. The zero-order valence-electron chi connectivity index (χ0n) is 15.7. The summed E-state index contributed by atoms with van der Waals surface area (Å²) >= 11 is 0. The first-order valence-electron chi connectivity index (χ1n) is 9.31. The van der Waals surface area contributed by atoms with Crippen molar-refractivity contribution < 1.29 is 13.3 Å². The Kier molecular flexibility index (Phi) is 4.44. The number of rotatable bonds is 4. The molecule has 0 saturated heterocycles. The van der Waals surface area contributed by atoms with Gasteiger partial charge in [-0.3, -0.25) is 0 Å². The molecule has 5 rings (SSSR count). The average Bonchev–Trinajstić information content (AvgIpc) is 3.43. The van der Waals surface area contributed by atoms with Gasteiger partial charge in [0.05, 0.1) is 11.3 Å². The highest BCUT2D eigenvalue weighted by Crippen LogP contribution is 2.34. The molecule has 0 N–H and O–H groups in total. The van der Waals surface area contributed by atoms with E-state index in [1.165, 1.54) is 24.3 Å². The molecule has 0 saturated carbocycles. The number of benzene rings is 3. The molecule has 146 valence electrons. The summed E-state index contributed by atoms with van der Waals surface area (Å²) in [6.07, 6.45) is 1.86. The Morgan fingerprint density at radius 2 is 1.37 bits per heavy atom. The molecule has 2 heterocycles. The first kappa shape index (κ1) is 18.0. The second-order valence-corrected chi connectivity index (χ2v) is 6.76. The van der Waals surface area contributed by atoms with Gasteiger partial charge in [0.2, 0.25) is 0 Å². The maximum Gasteiger partial charge on any atom is 0.167 e. The van der Waals surface area contributed by atoms with Crippen LogP contribution < -0.4 is 0 Å². The number of para-hydroxylation sites is 1. The highest BCUT2D eigenvalue weighted by atomic mass is 19.1. The van der Waals surface area contributed by atoms with Gasteiger partial charge in [0, 0.05) is 23.4 Å². The summed E-state index contributed by atoms with van der Waals surface area (Å²) in [5.74, 6) is -0.119. The van der Waals surface area contributed by atoms with Crippen LogP contribution in [0.5, 0.6) is 0 Å². The van der Waals surface area contributed by atoms with E-state index in [2.05, 4.69) is 5.16 Å². The van der Waals surface area contributed by atoms with Crippen LogP contribution >= 0.6 is 0 Å². The van der Waals surface area contributed by atoms with Crippen LogP contribution in [0.1, 0.15) is 0 Å². The van der Waals surface area contributed by atoms with Gasteiger partial charge in [-0.2, -0.15) is 5.10 Å². The van der Waals surface area contributed by atoms with E-state index in [1.807, 2.05) is 36.5 Å². The molecule has 2 aromatic heterocycles. The highest BCUT2D eigenvalue weighted by Gasteiger charge is 2.18. The van der Waals surface area contributed by atoms with E-state index in [0.29, 0.717) is 22.7 Å². The van der Waals surface area contributed by atoms with Crippen molar-refractivity contribution in [3.8, 4) is 39.5 Å². The largest absolute Gasteiger partial charge is 0.356 e. The second kappa shape index (κ2) is 7.40. The molecule has 5 aromatic rings. The molecule has 0 aliphatic carbocycles. The van der Waals surface area contributed by atoms with Gasteiger partial charge in [0.1, 0.15) is 23.0 Å². The van der Waals surface area contributed by atoms with Gasteiger partial charge >= 0.3 is 0 Å². The minimum atomic E-state index is -0.318. The van der Waals surface area contributed by atoms with Crippen LogP contribution in [-0.2, 0) is 0 Å². The molecule has 6 heteroatoms. The van der Waals surface area contributed by atoms with Crippen LogP contribution in [0.2, 0.25) is 0 Å². The third-order valence-corrected chi connectivity index (χ3v) is 4.77. The molecule has 30 heavy (non-hydrogen) atoms. The minimum absolute atomic E-state index is 0.317. The molecular formula is C24H15F2N3O. The van der Waals surface area contributed by atoms with Crippen molar-refractivity contribution in [2.24, 2.45) is 0 Å². The predicted molar refractivity (Wildman–Crippen MR) is 110 cm³/mol. The summed E-state index contributed by atoms with van der Waals surface area (Å²) in [4.78, 5) is 0. The number of nitrogens with zero attached hydrogens (tertiary/aromatic N) is 3. The molecule has 0 unspecified atom stereocenters. The molecule has 0 radical (unpaired) electrons. The summed E-state index contributed by atoms with van der Waals surface area (Å²) in [7, 11) is 0. The molecular weight excluding hydrogens is 384 g/mol. The lowest BCUT2D eigenvalue weighted by atomic mass is 10.1. The average molecular weight is 399 g/mol. The maximum atomic E-state index is 13.4. The monoisotopic (exact) mass is 399 g/mol. The van der Waals surface area contributed by atoms with Gasteiger partial charge in [-0.05, 0) is 60.7 Å². The summed E-state index contributed by atoms with van der Waals surface area (Å²) in [6, 6.07) is 23.6. The highest BCUT2D eigenvalue weighted by molar-refractivity contribution is 5.80. The maximum absolute atomic E-state index is 13.4. The lowest BCUT2D eigenvalue weighted by Gasteiger charge is -2.00. The topological polar surface area (TPSA) is 43.9 Å². The van der Waals surface area contributed by atoms with Gasteiger partial charge in [-0.15, -0.1) is 0 Å². The summed E-state index contributed by atoms with van der Waals surface area (Å²) in [6.45, 7) is 0. The van der Waals surface area contributed by atoms with Crippen molar-refractivity contribution >= 4 is 0 Å². The molecule has 0 amide bonds. The number of aromatic nitrogens is 3. The van der Waals surface area contributed by atoms with Crippen molar-refractivity contribution in [2.45, 2.75) is 0 Å². The van der Waals surface area contributed by atoms with Crippen LogP contribution in [0.4, 0.5) is 8.78 Å². The Labute approximate surface area is 171 Å². The second-order valence-electron chi connectivity index (χ2n) is 6.76. The van der Waals surface area contributed by atoms with E-state index in [4.69, 9.17) is 9.62 Å². The van der Waals surface area contributed by atoms with Crippen LogP contribution in [0.15, 0.2) is 95.6 Å². The fraction of sp³-hybridized carbons (Fsp3) is 0. The zero-order valence-corrected chi connectivity index (χ0v) is 15.7. The summed E-state index contributed by atoms with van der Waals surface area (Å²) in [5.41, 5.74) is 4.33. The summed E-state index contributed by atoms with van der Waals surface area (Å²) < 4.78 is 33.9. The lowest BCUT2D eigenvalue weighted by Crippen LogP contribution is -1.94. The smallest absolute Gasteiger partial charge is 0.167 e. The SMILES string of the molecule is Fc1ccc(-c2cc(-c3cn(-c4ccccc4)nc3-c3ccc(F)cc3)no2)cc1. The van der Waals surface area contributed by atoms with E-state index in [0.717, 1.165) is 16.8 Å². The number of halogens is 2. The lowest BCUT2D eigenvalue weighted by molar-refractivity contribution is 0.435. The molecule has 0 aliphatic rings. The summed E-state index contributed by atoms with van der Waals surface area (Å²) in [5, 5.41) is 8.91. The molecule has 0 aliphatic heterocycles. The fourth-order valence-electron chi connectivity index (χ4n) is 3.25. The molecule has 0 bridgehead atoms. The Morgan fingerprint density at radius 3 is 2.03 bits per heavy atom. The van der Waals surface area contributed by atoms with Gasteiger partial charge < -0.3 is 4.52 Å². The third-order valence-electron chi connectivity index (χ3n) is 4.77. The predicted octanol–water partition coefficient (Wildman–Crippen LogP) is 6.14. The van der Waals surface area contributed by atoms with E-state index >= 15 is 0 Å². The van der Waals surface area contributed by atoms with Crippen LogP contribution in [-0.4, -0.2) is 14.9 Å². The van der Waals surface area contributed by atoms with Crippen LogP contribution in [0.3, 0.4) is 0 Å². The van der Waals surface area contributed by atoms with E-state index < -0.39 is 0 Å². The Balaban J connectivity index is 1.62. The third kappa shape index (κ3) is 3.39. The van der Waals surface area contributed by atoms with Crippen molar-refractivity contribution in [2.75, 3.05) is 0 Å². The van der Waals surface area contributed by atoms with E-state index in [1.54, 1.807) is 35.0 Å². The molecule has 0 atom stereocenters. The standard InChI is InChI=1S/C24H15F2N3O/c25-18-10-6-16(7-11-18)23-14-22(28-30-23)21-15-29(20-4-2-1-3-5-20)27-24(21)17-8-12-19(26)13-9-17/h1-15H.